The first-order valence-electron chi connectivity index (χ1n) is 7.71. The Hall–Kier alpha value is -2.67. The largest absolute Gasteiger partial charge is 0.326 e. The summed E-state index contributed by atoms with van der Waals surface area (Å²) in [5, 5.41) is 2.72. The molecule has 0 saturated carbocycles. The molecule has 0 atom stereocenters. The molecule has 0 spiro atoms. The highest BCUT2D eigenvalue weighted by atomic mass is 32.2. The maximum Gasteiger partial charge on any atom is 0.232 e. The van der Waals surface area contributed by atoms with E-state index in [2.05, 4.69) is 5.32 Å². The van der Waals surface area contributed by atoms with Gasteiger partial charge in [0.1, 0.15) is 0 Å². The van der Waals surface area contributed by atoms with Crippen LogP contribution in [-0.4, -0.2) is 32.9 Å². The van der Waals surface area contributed by atoms with Gasteiger partial charge in [-0.1, -0.05) is 30.3 Å². The molecule has 25 heavy (non-hydrogen) atoms. The van der Waals surface area contributed by atoms with E-state index >= 15 is 0 Å². The molecule has 0 fully saturated rings. The number of amides is 1. The second-order valence-electron chi connectivity index (χ2n) is 5.61. The number of hydrogen-bond acceptors (Lipinski definition) is 4. The van der Waals surface area contributed by atoms with E-state index in [1.807, 2.05) is 6.07 Å². The Kier molecular flexibility index (Phi) is 5.93. The zero-order valence-electron chi connectivity index (χ0n) is 14.1. The summed E-state index contributed by atoms with van der Waals surface area (Å²) in [7, 11) is -3.59. The molecule has 1 N–H and O–H groups in total. The van der Waals surface area contributed by atoms with Crippen LogP contribution in [0.15, 0.2) is 54.6 Å². The smallest absolute Gasteiger partial charge is 0.232 e. The topological polar surface area (TPSA) is 83.6 Å². The first kappa shape index (κ1) is 18.7. The van der Waals surface area contributed by atoms with Crippen molar-refractivity contribution in [3.05, 3.63) is 60.2 Å². The maximum absolute atomic E-state index is 12.1. The molecule has 7 heteroatoms. The summed E-state index contributed by atoms with van der Waals surface area (Å²) >= 11 is 0. The zero-order chi connectivity index (χ0) is 18.4. The van der Waals surface area contributed by atoms with E-state index in [4.69, 9.17) is 0 Å². The highest BCUT2D eigenvalue weighted by molar-refractivity contribution is 7.92. The molecular weight excluding hydrogens is 340 g/mol. The summed E-state index contributed by atoms with van der Waals surface area (Å²) in [6.45, 7) is 1.40. The Bertz CT molecular complexity index is 864. The molecule has 0 aliphatic heterocycles. The van der Waals surface area contributed by atoms with Crippen molar-refractivity contribution in [2.45, 2.75) is 13.3 Å². The minimum Gasteiger partial charge on any atom is -0.326 e. The van der Waals surface area contributed by atoms with Crippen LogP contribution in [0.25, 0.3) is 0 Å². The Morgan fingerprint density at radius 1 is 1.04 bits per heavy atom. The Labute approximate surface area is 147 Å². The van der Waals surface area contributed by atoms with Gasteiger partial charge in [0.05, 0.1) is 11.9 Å². The fraction of sp³-hybridized carbons (Fsp3) is 0.222. The van der Waals surface area contributed by atoms with E-state index < -0.39 is 10.0 Å². The first-order valence-corrected chi connectivity index (χ1v) is 9.56. The van der Waals surface area contributed by atoms with Crippen LogP contribution in [0.3, 0.4) is 0 Å². The van der Waals surface area contributed by atoms with Crippen molar-refractivity contribution in [1.29, 1.82) is 0 Å². The van der Waals surface area contributed by atoms with E-state index in [-0.39, 0.29) is 24.7 Å². The molecule has 0 aliphatic rings. The summed E-state index contributed by atoms with van der Waals surface area (Å²) in [4.78, 5) is 23.6. The average molecular weight is 360 g/mol. The van der Waals surface area contributed by atoms with E-state index in [0.717, 1.165) is 10.6 Å². The molecule has 132 valence electrons. The zero-order valence-corrected chi connectivity index (χ0v) is 14.9. The van der Waals surface area contributed by atoms with Crippen LogP contribution in [0.5, 0.6) is 0 Å². The third-order valence-corrected chi connectivity index (χ3v) is 4.73. The van der Waals surface area contributed by atoms with Crippen LogP contribution in [0.4, 0.5) is 11.4 Å². The third-order valence-electron chi connectivity index (χ3n) is 3.54. The molecule has 0 unspecified atom stereocenters. The van der Waals surface area contributed by atoms with Gasteiger partial charge in [0.25, 0.3) is 0 Å². The third kappa shape index (κ3) is 5.42. The van der Waals surface area contributed by atoms with E-state index in [9.17, 15) is 18.0 Å². The number of carbonyl (C=O) groups is 2. The number of nitrogens with zero attached hydrogens (tertiary/aromatic N) is 1. The lowest BCUT2D eigenvalue weighted by Crippen LogP contribution is -2.33. The van der Waals surface area contributed by atoms with E-state index in [1.165, 1.54) is 13.0 Å². The summed E-state index contributed by atoms with van der Waals surface area (Å²) in [6.07, 6.45) is 1.06. The van der Waals surface area contributed by atoms with Crippen LogP contribution in [-0.2, 0) is 14.8 Å². The summed E-state index contributed by atoms with van der Waals surface area (Å²) in [5.41, 5.74) is 1.43. The molecule has 0 aliphatic carbocycles. The van der Waals surface area contributed by atoms with E-state index in [0.29, 0.717) is 16.9 Å². The first-order chi connectivity index (χ1) is 11.8. The van der Waals surface area contributed by atoms with Gasteiger partial charge < -0.3 is 5.32 Å². The number of sulfonamides is 1. The van der Waals surface area contributed by atoms with Crippen molar-refractivity contribution in [3.8, 4) is 0 Å². The normalized spacial score (nSPS) is 11.0. The van der Waals surface area contributed by atoms with Crippen LogP contribution in [0, 0.1) is 0 Å². The molecule has 0 radical (unpaired) electrons. The standard InChI is InChI=1S/C18H20N2O4S/c1-14(21)15-7-6-10-17(13-15)20(25(2,23)24)12-11-18(22)19-16-8-4-3-5-9-16/h3-10,13H,11-12H2,1-2H3,(H,19,22). The lowest BCUT2D eigenvalue weighted by atomic mass is 10.1. The van der Waals surface area contributed by atoms with Crippen molar-refractivity contribution in [1.82, 2.24) is 0 Å². The Morgan fingerprint density at radius 2 is 1.72 bits per heavy atom. The number of nitrogens with one attached hydrogen (secondary N) is 1. The average Bonchev–Trinajstić information content (AvgIpc) is 2.55. The van der Waals surface area contributed by atoms with Gasteiger partial charge in [-0.2, -0.15) is 0 Å². The highest BCUT2D eigenvalue weighted by Gasteiger charge is 2.19. The molecular formula is C18H20N2O4S. The highest BCUT2D eigenvalue weighted by Crippen LogP contribution is 2.20. The number of rotatable bonds is 7. The van der Waals surface area contributed by atoms with Crippen LogP contribution in [0.1, 0.15) is 23.7 Å². The Balaban J connectivity index is 2.13. The predicted molar refractivity (Wildman–Crippen MR) is 98.3 cm³/mol. The fourth-order valence-corrected chi connectivity index (χ4v) is 3.23. The second kappa shape index (κ2) is 7.94. The van der Waals surface area contributed by atoms with Crippen molar-refractivity contribution in [2.75, 3.05) is 22.4 Å². The maximum atomic E-state index is 12.1. The molecule has 2 aromatic carbocycles. The number of hydrogen-bond donors (Lipinski definition) is 1. The minimum absolute atomic E-state index is 0.00768. The minimum atomic E-state index is -3.59. The van der Waals surface area contributed by atoms with Gasteiger partial charge in [-0.25, -0.2) is 8.42 Å². The summed E-state index contributed by atoms with van der Waals surface area (Å²) in [6, 6.07) is 15.3. The molecule has 2 aromatic rings. The number of para-hydroxylation sites is 1. The lowest BCUT2D eigenvalue weighted by molar-refractivity contribution is -0.116. The number of ketones is 1. The molecule has 2 rings (SSSR count). The van der Waals surface area contributed by atoms with Gasteiger partial charge in [0.2, 0.25) is 15.9 Å². The van der Waals surface area contributed by atoms with Crippen molar-refractivity contribution < 1.29 is 18.0 Å². The lowest BCUT2D eigenvalue weighted by Gasteiger charge is -2.22. The summed E-state index contributed by atoms with van der Waals surface area (Å²) in [5.74, 6) is -0.445. The van der Waals surface area contributed by atoms with Gasteiger partial charge in [-0.05, 0) is 31.2 Å². The SMILES string of the molecule is CC(=O)c1cccc(N(CCC(=O)Nc2ccccc2)S(C)(=O)=O)c1. The molecule has 0 heterocycles. The van der Waals surface area contributed by atoms with Crippen LogP contribution >= 0.6 is 0 Å². The van der Waals surface area contributed by atoms with Gasteiger partial charge in [0, 0.05) is 24.2 Å². The van der Waals surface area contributed by atoms with Crippen molar-refractivity contribution in [3.63, 3.8) is 0 Å². The second-order valence-corrected chi connectivity index (χ2v) is 7.51. The fourth-order valence-electron chi connectivity index (χ4n) is 2.31. The van der Waals surface area contributed by atoms with Gasteiger partial charge in [0.15, 0.2) is 5.78 Å². The van der Waals surface area contributed by atoms with Crippen molar-refractivity contribution >= 4 is 33.1 Å². The Morgan fingerprint density at radius 3 is 2.32 bits per heavy atom. The van der Waals surface area contributed by atoms with Crippen molar-refractivity contribution in [2.24, 2.45) is 0 Å². The van der Waals surface area contributed by atoms with Gasteiger partial charge >= 0.3 is 0 Å². The van der Waals surface area contributed by atoms with Gasteiger partial charge in [-0.3, -0.25) is 13.9 Å². The van der Waals surface area contributed by atoms with Crippen LogP contribution < -0.4 is 9.62 Å². The molecule has 0 aromatic heterocycles. The number of carbonyl (C=O) groups excluding carboxylic acids is 2. The van der Waals surface area contributed by atoms with Crippen LogP contribution in [0.2, 0.25) is 0 Å². The number of benzene rings is 2. The summed E-state index contributed by atoms with van der Waals surface area (Å²) < 4.78 is 25.3. The molecule has 6 nitrogen and oxygen atoms in total. The van der Waals surface area contributed by atoms with Gasteiger partial charge in [-0.15, -0.1) is 0 Å². The quantitative estimate of drug-likeness (QED) is 0.770. The molecule has 0 bridgehead atoms. The monoisotopic (exact) mass is 360 g/mol. The van der Waals surface area contributed by atoms with E-state index in [1.54, 1.807) is 42.5 Å². The number of anilines is 2. The molecule has 0 saturated heterocycles. The number of Topliss-reactive ketones (excluding diaryl/α,β-unsaturated/α-hetero) is 1. The predicted octanol–water partition coefficient (Wildman–Crippen LogP) is 2.68. The molecule has 1 amide bonds.